The lowest BCUT2D eigenvalue weighted by molar-refractivity contribution is 0.0919. The Labute approximate surface area is 204 Å². The minimum atomic E-state index is -0.473. The van der Waals surface area contributed by atoms with Gasteiger partial charge in [0.05, 0.1) is 29.4 Å². The van der Waals surface area contributed by atoms with Crippen molar-refractivity contribution in [3.8, 4) is 17.3 Å². The predicted molar refractivity (Wildman–Crippen MR) is 130 cm³/mol. The number of fused-ring (bicyclic) bond motifs is 1. The third kappa shape index (κ3) is 4.35. The highest BCUT2D eigenvalue weighted by atomic mass is 35.5. The molecule has 3 heterocycles. The van der Waals surface area contributed by atoms with Crippen molar-refractivity contribution in [2.75, 3.05) is 5.32 Å². The van der Waals surface area contributed by atoms with Crippen molar-refractivity contribution in [2.24, 2.45) is 7.05 Å². The molecule has 5 aromatic rings. The second-order valence-electron chi connectivity index (χ2n) is 7.80. The van der Waals surface area contributed by atoms with Gasteiger partial charge in [0.1, 0.15) is 17.7 Å². The van der Waals surface area contributed by atoms with E-state index < -0.39 is 5.82 Å². The van der Waals surface area contributed by atoms with Gasteiger partial charge in [0, 0.05) is 41.5 Å². The molecule has 2 aromatic carbocycles. The number of nitrogens with one attached hydrogen (secondary N) is 1. The Bertz CT molecular complexity index is 1630. The van der Waals surface area contributed by atoms with Gasteiger partial charge in [-0.05, 0) is 48.0 Å². The van der Waals surface area contributed by atoms with Crippen LogP contribution in [0.4, 0.5) is 16.2 Å². The van der Waals surface area contributed by atoms with Crippen LogP contribution in [0, 0.1) is 17.1 Å². The van der Waals surface area contributed by atoms with Crippen LogP contribution in [0.15, 0.2) is 67.1 Å². The first-order chi connectivity index (χ1) is 16.9. The number of carbonyl (C=O) groups excluding carboxylic acids is 1. The summed E-state index contributed by atoms with van der Waals surface area (Å²) in [5.74, 6) is 0.300. The molecular formula is C25H17ClFN7O. The van der Waals surface area contributed by atoms with Crippen LogP contribution >= 0.6 is 11.6 Å². The largest absolute Gasteiger partial charge is 0.309 e. The van der Waals surface area contributed by atoms with Gasteiger partial charge < -0.3 is 5.32 Å². The lowest BCUT2D eigenvalue weighted by Gasteiger charge is -2.10. The van der Waals surface area contributed by atoms with Gasteiger partial charge in [0.15, 0.2) is 0 Å². The van der Waals surface area contributed by atoms with Gasteiger partial charge in [-0.15, -0.1) is 0 Å². The second kappa shape index (κ2) is 9.00. The van der Waals surface area contributed by atoms with Gasteiger partial charge in [0.25, 0.3) is 0 Å². The van der Waals surface area contributed by atoms with E-state index in [1.54, 1.807) is 54.6 Å². The summed E-state index contributed by atoms with van der Waals surface area (Å²) in [7, 11) is 1.80. The van der Waals surface area contributed by atoms with E-state index in [1.807, 2.05) is 6.07 Å². The van der Waals surface area contributed by atoms with E-state index in [2.05, 4.69) is 26.5 Å². The molecule has 0 radical (unpaired) electrons. The highest BCUT2D eigenvalue weighted by molar-refractivity contribution is 6.31. The molecule has 0 atom stereocenters. The lowest BCUT2D eigenvalue weighted by atomic mass is 10.0. The molecule has 0 bridgehead atoms. The van der Waals surface area contributed by atoms with Crippen LogP contribution in [-0.4, -0.2) is 30.2 Å². The van der Waals surface area contributed by atoms with Crippen LogP contribution in [0.5, 0.6) is 0 Å². The van der Waals surface area contributed by atoms with Gasteiger partial charge in [-0.3, -0.25) is 14.0 Å². The molecule has 8 nitrogen and oxygen atoms in total. The van der Waals surface area contributed by atoms with Gasteiger partial charge in [-0.25, -0.2) is 14.4 Å². The molecular weight excluding hydrogens is 469 g/mol. The summed E-state index contributed by atoms with van der Waals surface area (Å²) in [4.78, 5) is 21.8. The first-order valence-corrected chi connectivity index (χ1v) is 10.9. The smallest absolute Gasteiger partial charge is 0.235 e. The highest BCUT2D eigenvalue weighted by Crippen LogP contribution is 2.29. The summed E-state index contributed by atoms with van der Waals surface area (Å²) in [6.45, 7) is 0. The zero-order valence-corrected chi connectivity index (χ0v) is 19.2. The molecule has 0 saturated heterocycles. The number of anilines is 2. The maximum atomic E-state index is 13.6. The number of carbonyl (C=O) groups is 1. The van der Waals surface area contributed by atoms with E-state index in [9.17, 15) is 14.4 Å². The topological polar surface area (TPSA) is 101 Å². The molecule has 0 saturated carbocycles. The number of benzene rings is 2. The van der Waals surface area contributed by atoms with Crippen molar-refractivity contribution in [2.45, 2.75) is 6.42 Å². The number of hydrogen-bond acceptors (Lipinski definition) is 6. The molecule has 0 fully saturated rings. The van der Waals surface area contributed by atoms with Crippen LogP contribution in [-0.2, 0) is 13.5 Å². The Kier molecular flexibility index (Phi) is 5.73. The zero-order valence-electron chi connectivity index (χ0n) is 18.4. The van der Waals surface area contributed by atoms with E-state index >= 15 is 0 Å². The van der Waals surface area contributed by atoms with E-state index in [4.69, 9.17) is 11.6 Å². The van der Waals surface area contributed by atoms with Crippen molar-refractivity contribution in [3.63, 3.8) is 0 Å². The first kappa shape index (κ1) is 22.3. The second-order valence-corrected chi connectivity index (χ2v) is 8.20. The van der Waals surface area contributed by atoms with Crippen LogP contribution < -0.4 is 5.32 Å². The molecule has 3 aromatic heterocycles. The first-order valence-electron chi connectivity index (χ1n) is 10.5. The molecule has 5 rings (SSSR count). The maximum absolute atomic E-state index is 13.6. The molecule has 0 unspecified atom stereocenters. The summed E-state index contributed by atoms with van der Waals surface area (Å²) in [6, 6.07) is 14.9. The molecule has 0 spiro atoms. The SMILES string of the molecule is Cn1nccc1Nc1nccc(-c2cc(C#N)c3c(ccn3C(=O)Cc3cc(F)ccc3Cl)c2)n1. The standard InChI is InChI=1S/C25H17ClFN7O/c1-33-22(5-8-30-33)32-25-29-7-4-21(31-25)17-10-15-6-9-34(24(15)18(11-17)14-28)23(35)13-16-12-19(27)2-3-20(16)26/h2-12H,13H2,1H3,(H,29,31,32). The van der Waals surface area contributed by atoms with E-state index in [-0.39, 0.29) is 12.3 Å². The summed E-state index contributed by atoms with van der Waals surface area (Å²) in [5, 5.41) is 18.1. The van der Waals surface area contributed by atoms with Gasteiger partial charge in [0.2, 0.25) is 11.9 Å². The normalized spacial score (nSPS) is 10.9. The number of hydrogen-bond donors (Lipinski definition) is 1. The molecule has 35 heavy (non-hydrogen) atoms. The van der Waals surface area contributed by atoms with Gasteiger partial charge in [-0.1, -0.05) is 11.6 Å². The van der Waals surface area contributed by atoms with E-state index in [0.29, 0.717) is 44.3 Å². The highest BCUT2D eigenvalue weighted by Gasteiger charge is 2.17. The number of aryl methyl sites for hydroxylation is 1. The van der Waals surface area contributed by atoms with E-state index in [1.165, 1.54) is 22.8 Å². The number of nitrogens with zero attached hydrogens (tertiary/aromatic N) is 6. The molecule has 0 aliphatic heterocycles. The van der Waals surface area contributed by atoms with Crippen LogP contribution in [0.25, 0.3) is 22.2 Å². The van der Waals surface area contributed by atoms with Crippen molar-refractivity contribution in [3.05, 3.63) is 89.1 Å². The number of rotatable bonds is 5. The fraction of sp³-hybridized carbons (Fsp3) is 0.0800. The van der Waals surface area contributed by atoms with Crippen molar-refractivity contribution in [1.82, 2.24) is 24.3 Å². The van der Waals surface area contributed by atoms with Crippen molar-refractivity contribution >= 4 is 40.2 Å². The number of nitriles is 1. The zero-order chi connectivity index (χ0) is 24.5. The van der Waals surface area contributed by atoms with Crippen LogP contribution in [0.2, 0.25) is 5.02 Å². The van der Waals surface area contributed by atoms with Gasteiger partial charge in [-0.2, -0.15) is 10.4 Å². The Balaban J connectivity index is 1.50. The monoisotopic (exact) mass is 485 g/mol. The number of aromatic nitrogens is 5. The van der Waals surface area contributed by atoms with Crippen LogP contribution in [0.1, 0.15) is 15.9 Å². The van der Waals surface area contributed by atoms with E-state index in [0.717, 1.165) is 5.82 Å². The van der Waals surface area contributed by atoms with Crippen molar-refractivity contribution < 1.29 is 9.18 Å². The minimum absolute atomic E-state index is 0.109. The summed E-state index contributed by atoms with van der Waals surface area (Å²) in [6.07, 6.45) is 4.77. The van der Waals surface area contributed by atoms with Gasteiger partial charge >= 0.3 is 0 Å². The average molecular weight is 486 g/mol. The predicted octanol–water partition coefficient (Wildman–Crippen LogP) is 5.12. The molecule has 0 aliphatic carbocycles. The Morgan fingerprint density at radius 3 is 2.80 bits per heavy atom. The number of halogens is 2. The lowest BCUT2D eigenvalue weighted by Crippen LogP contribution is -2.13. The molecule has 172 valence electrons. The maximum Gasteiger partial charge on any atom is 0.235 e. The Morgan fingerprint density at radius 1 is 1.17 bits per heavy atom. The molecule has 10 heteroatoms. The average Bonchev–Trinajstić information content (AvgIpc) is 3.47. The summed E-state index contributed by atoms with van der Waals surface area (Å²) in [5.41, 5.74) is 2.46. The van der Waals surface area contributed by atoms with Crippen LogP contribution in [0.3, 0.4) is 0 Å². The summed E-state index contributed by atoms with van der Waals surface area (Å²) >= 11 is 6.13. The minimum Gasteiger partial charge on any atom is -0.309 e. The third-order valence-corrected chi connectivity index (χ3v) is 5.90. The third-order valence-electron chi connectivity index (χ3n) is 5.53. The summed E-state index contributed by atoms with van der Waals surface area (Å²) < 4.78 is 16.7. The quantitative estimate of drug-likeness (QED) is 0.370. The Hall–Kier alpha value is -4.55. The molecule has 0 aliphatic rings. The Morgan fingerprint density at radius 2 is 2.03 bits per heavy atom. The fourth-order valence-corrected chi connectivity index (χ4v) is 4.03. The molecule has 0 amide bonds. The van der Waals surface area contributed by atoms with Crippen molar-refractivity contribution in [1.29, 1.82) is 5.26 Å². The molecule has 1 N–H and O–H groups in total. The fourth-order valence-electron chi connectivity index (χ4n) is 3.84.